The van der Waals surface area contributed by atoms with Gasteiger partial charge in [-0.25, -0.2) is 4.98 Å². The van der Waals surface area contributed by atoms with E-state index in [-0.39, 0.29) is 6.10 Å². The first-order valence-electron chi connectivity index (χ1n) is 8.26. The Bertz CT molecular complexity index is 997. The zero-order valence-corrected chi connectivity index (χ0v) is 17.1. The zero-order valence-electron chi connectivity index (χ0n) is 14.7. The van der Waals surface area contributed by atoms with Gasteiger partial charge in [0.25, 0.3) is 0 Å². The van der Waals surface area contributed by atoms with Crippen LogP contribution < -0.4 is 4.74 Å². The fourth-order valence-electron chi connectivity index (χ4n) is 2.46. The quantitative estimate of drug-likeness (QED) is 0.423. The maximum Gasteiger partial charge on any atom is 0.156 e. The van der Waals surface area contributed by atoms with Crippen molar-refractivity contribution in [2.24, 2.45) is 0 Å². The Morgan fingerprint density at radius 3 is 2.44 bits per heavy atom. The summed E-state index contributed by atoms with van der Waals surface area (Å²) in [5.74, 6) is 0.449. The molecule has 0 N–H and O–H groups in total. The molecule has 3 nitrogen and oxygen atoms in total. The fourth-order valence-corrected chi connectivity index (χ4v) is 3.85. The molecule has 0 saturated heterocycles. The first-order valence-corrected chi connectivity index (χ1v) is 9.90. The molecule has 2 aromatic carbocycles. The lowest BCUT2D eigenvalue weighted by Crippen LogP contribution is -2.06. The molecule has 0 aliphatic heterocycles. The van der Waals surface area contributed by atoms with Crippen molar-refractivity contribution < 1.29 is 4.74 Å². The van der Waals surface area contributed by atoms with Crippen molar-refractivity contribution in [3.63, 3.8) is 0 Å². The maximum atomic E-state index is 9.59. The fraction of sp³-hybridized carbons (Fsp3) is 0.143. The third kappa shape index (κ3) is 4.70. The van der Waals surface area contributed by atoms with Crippen molar-refractivity contribution in [3.05, 3.63) is 68.5 Å². The molecular weight excluding hydrogens is 399 g/mol. The average Bonchev–Trinajstić information content (AvgIpc) is 3.13. The summed E-state index contributed by atoms with van der Waals surface area (Å²) in [6.07, 6.45) is 1.69. The molecular formula is C21H16Cl2N2OS. The third-order valence-corrected chi connectivity index (χ3v) is 5.05. The van der Waals surface area contributed by atoms with Crippen LogP contribution in [-0.4, -0.2) is 11.1 Å². The van der Waals surface area contributed by atoms with Crippen LogP contribution in [0.25, 0.3) is 22.9 Å². The van der Waals surface area contributed by atoms with Crippen molar-refractivity contribution in [1.29, 1.82) is 5.26 Å². The number of hydrogen-bond acceptors (Lipinski definition) is 4. The van der Waals surface area contributed by atoms with E-state index in [0.717, 1.165) is 11.3 Å². The molecule has 0 amide bonds. The summed E-state index contributed by atoms with van der Waals surface area (Å²) in [4.78, 5) is 4.59. The molecule has 0 radical (unpaired) electrons. The van der Waals surface area contributed by atoms with Gasteiger partial charge >= 0.3 is 0 Å². The highest BCUT2D eigenvalue weighted by Gasteiger charge is 2.13. The average molecular weight is 415 g/mol. The molecule has 0 atom stereocenters. The van der Waals surface area contributed by atoms with Crippen LogP contribution in [0.2, 0.25) is 10.0 Å². The van der Waals surface area contributed by atoms with Crippen LogP contribution in [0.15, 0.2) is 47.8 Å². The second kappa shape index (κ2) is 8.58. The van der Waals surface area contributed by atoms with E-state index in [4.69, 9.17) is 27.9 Å². The molecule has 0 spiro atoms. The minimum absolute atomic E-state index is 0.0391. The molecule has 1 aromatic heterocycles. The summed E-state index contributed by atoms with van der Waals surface area (Å²) in [7, 11) is 0. The number of nitriles is 1. The summed E-state index contributed by atoms with van der Waals surface area (Å²) >= 11 is 14.0. The van der Waals surface area contributed by atoms with E-state index in [1.165, 1.54) is 11.3 Å². The molecule has 0 aliphatic rings. The lowest BCUT2D eigenvalue weighted by Gasteiger charge is -2.13. The summed E-state index contributed by atoms with van der Waals surface area (Å²) in [5.41, 5.74) is 3.02. The summed E-state index contributed by atoms with van der Waals surface area (Å²) in [6, 6.07) is 15.5. The topological polar surface area (TPSA) is 45.9 Å². The van der Waals surface area contributed by atoms with Gasteiger partial charge in [0.05, 0.1) is 27.4 Å². The van der Waals surface area contributed by atoms with Crippen molar-refractivity contribution in [2.45, 2.75) is 20.0 Å². The largest absolute Gasteiger partial charge is 0.488 e. The SMILES string of the molecule is CC(C)Oc1c(Cl)cc(/C=C(/C#N)c2nc(-c3ccccc3)cs2)cc1Cl. The monoisotopic (exact) mass is 414 g/mol. The van der Waals surface area contributed by atoms with E-state index < -0.39 is 0 Å². The number of nitrogens with zero attached hydrogens (tertiary/aromatic N) is 2. The molecule has 6 heteroatoms. The predicted octanol–water partition coefficient (Wildman–Crippen LogP) is 6.97. The standard InChI is InChI=1S/C21H16Cl2N2OS/c1-13(2)26-20-17(22)9-14(10-18(20)23)8-16(11-24)21-25-19(12-27-21)15-6-4-3-5-7-15/h3-10,12-13H,1-2H3/b16-8-. The van der Waals surface area contributed by atoms with Gasteiger partial charge < -0.3 is 4.74 Å². The summed E-state index contributed by atoms with van der Waals surface area (Å²) in [5, 5.41) is 13.0. The van der Waals surface area contributed by atoms with Gasteiger partial charge in [0.15, 0.2) is 5.75 Å². The predicted molar refractivity (Wildman–Crippen MR) is 113 cm³/mol. The van der Waals surface area contributed by atoms with Crippen LogP contribution >= 0.6 is 34.5 Å². The van der Waals surface area contributed by atoms with Gasteiger partial charge in [-0.15, -0.1) is 11.3 Å². The molecule has 0 unspecified atom stereocenters. The van der Waals surface area contributed by atoms with E-state index in [1.54, 1.807) is 18.2 Å². The van der Waals surface area contributed by atoms with Gasteiger partial charge in [-0.3, -0.25) is 0 Å². The minimum atomic E-state index is -0.0391. The Morgan fingerprint density at radius 1 is 1.19 bits per heavy atom. The van der Waals surface area contributed by atoms with Gasteiger partial charge in [0, 0.05) is 10.9 Å². The van der Waals surface area contributed by atoms with Crippen LogP contribution in [0, 0.1) is 11.3 Å². The Kier molecular flexibility index (Phi) is 6.18. The number of thiazole rings is 1. The van der Waals surface area contributed by atoms with Gasteiger partial charge in [0.2, 0.25) is 0 Å². The highest BCUT2D eigenvalue weighted by Crippen LogP contribution is 2.36. The molecule has 3 rings (SSSR count). The highest BCUT2D eigenvalue weighted by molar-refractivity contribution is 7.11. The highest BCUT2D eigenvalue weighted by atomic mass is 35.5. The second-order valence-electron chi connectivity index (χ2n) is 6.05. The van der Waals surface area contributed by atoms with Crippen LogP contribution in [0.4, 0.5) is 0 Å². The molecule has 0 saturated carbocycles. The lowest BCUT2D eigenvalue weighted by atomic mass is 10.1. The van der Waals surface area contributed by atoms with E-state index in [2.05, 4.69) is 11.1 Å². The number of rotatable bonds is 5. The number of halogens is 2. The van der Waals surface area contributed by atoms with E-state index in [9.17, 15) is 5.26 Å². The summed E-state index contributed by atoms with van der Waals surface area (Å²) in [6.45, 7) is 3.81. The molecule has 0 bridgehead atoms. The van der Waals surface area contributed by atoms with Crippen molar-refractivity contribution in [2.75, 3.05) is 0 Å². The number of allylic oxidation sites excluding steroid dienone is 1. The lowest BCUT2D eigenvalue weighted by molar-refractivity contribution is 0.243. The minimum Gasteiger partial charge on any atom is -0.488 e. The van der Waals surface area contributed by atoms with E-state index in [1.807, 2.05) is 49.6 Å². The number of aromatic nitrogens is 1. The van der Waals surface area contributed by atoms with Crippen LogP contribution in [-0.2, 0) is 0 Å². The third-order valence-electron chi connectivity index (χ3n) is 3.61. The normalized spacial score (nSPS) is 11.5. The molecule has 0 fully saturated rings. The second-order valence-corrected chi connectivity index (χ2v) is 7.73. The van der Waals surface area contributed by atoms with Gasteiger partial charge in [-0.1, -0.05) is 53.5 Å². The number of hydrogen-bond donors (Lipinski definition) is 0. The Morgan fingerprint density at radius 2 is 1.85 bits per heavy atom. The van der Waals surface area contributed by atoms with Crippen LogP contribution in [0.3, 0.4) is 0 Å². The van der Waals surface area contributed by atoms with Crippen LogP contribution in [0.1, 0.15) is 24.4 Å². The van der Waals surface area contributed by atoms with Crippen LogP contribution in [0.5, 0.6) is 5.75 Å². The Labute approximate surface area is 172 Å². The number of benzene rings is 2. The summed E-state index contributed by atoms with van der Waals surface area (Å²) < 4.78 is 5.64. The molecule has 27 heavy (non-hydrogen) atoms. The van der Waals surface area contributed by atoms with E-state index >= 15 is 0 Å². The smallest absolute Gasteiger partial charge is 0.156 e. The number of ether oxygens (including phenoxy) is 1. The van der Waals surface area contributed by atoms with E-state index in [0.29, 0.717) is 31.9 Å². The Hall–Kier alpha value is -2.32. The molecule has 1 heterocycles. The van der Waals surface area contributed by atoms with Gasteiger partial charge in [-0.2, -0.15) is 5.26 Å². The first kappa shape index (κ1) is 19.4. The van der Waals surface area contributed by atoms with Crippen molar-refractivity contribution in [3.8, 4) is 23.1 Å². The van der Waals surface area contributed by atoms with Gasteiger partial charge in [-0.05, 0) is 37.6 Å². The maximum absolute atomic E-state index is 9.59. The molecule has 136 valence electrons. The van der Waals surface area contributed by atoms with Gasteiger partial charge in [0.1, 0.15) is 11.1 Å². The molecule has 3 aromatic rings. The Balaban J connectivity index is 1.94. The first-order chi connectivity index (χ1) is 13.0. The van der Waals surface area contributed by atoms with Crippen molar-refractivity contribution in [1.82, 2.24) is 4.98 Å². The zero-order chi connectivity index (χ0) is 19.4. The molecule has 0 aliphatic carbocycles. The van der Waals surface area contributed by atoms with Crippen molar-refractivity contribution >= 4 is 46.2 Å².